The first-order chi connectivity index (χ1) is 9.79. The van der Waals surface area contributed by atoms with Crippen LogP contribution in [-0.2, 0) is 11.7 Å². The Bertz CT molecular complexity index is 676. The number of halogens is 3. The summed E-state index contributed by atoms with van der Waals surface area (Å²) in [5.74, 6) is 0.531. The summed E-state index contributed by atoms with van der Waals surface area (Å²) >= 11 is 0. The highest BCUT2D eigenvalue weighted by Gasteiger charge is 2.39. The predicted octanol–water partition coefficient (Wildman–Crippen LogP) is 2.80. The lowest BCUT2D eigenvalue weighted by atomic mass is 9.77. The number of aromatic nitrogens is 3. The average molecular weight is 298 g/mol. The lowest BCUT2D eigenvalue weighted by molar-refractivity contribution is -0.141. The van der Waals surface area contributed by atoms with Crippen LogP contribution in [0.5, 0.6) is 0 Å². The van der Waals surface area contributed by atoms with Crippen LogP contribution in [-0.4, -0.2) is 15.1 Å². The van der Waals surface area contributed by atoms with Gasteiger partial charge in [-0.2, -0.15) is 18.2 Å². The van der Waals surface area contributed by atoms with Crippen molar-refractivity contribution >= 4 is 0 Å². The SMILES string of the molecule is Cc1nc(C(F)(F)F)ccc1-c1nc(C2(N)CCC2)no1. The molecule has 2 N–H and O–H groups in total. The summed E-state index contributed by atoms with van der Waals surface area (Å²) in [6.07, 6.45) is -1.93. The molecule has 1 saturated carbocycles. The molecule has 0 aliphatic heterocycles. The Hall–Kier alpha value is -1.96. The second-order valence-corrected chi connectivity index (χ2v) is 5.26. The third-order valence-corrected chi connectivity index (χ3v) is 3.72. The van der Waals surface area contributed by atoms with Crippen molar-refractivity contribution < 1.29 is 17.7 Å². The topological polar surface area (TPSA) is 77.8 Å². The van der Waals surface area contributed by atoms with Crippen molar-refractivity contribution in [2.45, 2.75) is 37.9 Å². The number of nitrogens with two attached hydrogens (primary N) is 1. The molecule has 2 aromatic rings. The number of hydrogen-bond acceptors (Lipinski definition) is 5. The highest BCUT2D eigenvalue weighted by Crippen LogP contribution is 2.38. The molecule has 1 aliphatic rings. The van der Waals surface area contributed by atoms with Crippen LogP contribution in [0.15, 0.2) is 16.7 Å². The standard InChI is InChI=1S/C13H13F3N4O/c1-7-8(3-4-9(18-7)13(14,15)16)10-19-11(20-21-10)12(17)5-2-6-12/h3-4H,2,5-6,17H2,1H3. The van der Waals surface area contributed by atoms with Crippen molar-refractivity contribution in [2.75, 3.05) is 0 Å². The van der Waals surface area contributed by atoms with Gasteiger partial charge in [0, 0.05) is 0 Å². The highest BCUT2D eigenvalue weighted by molar-refractivity contribution is 5.56. The Labute approximate surface area is 118 Å². The van der Waals surface area contributed by atoms with Gasteiger partial charge in [-0.3, -0.25) is 0 Å². The maximum Gasteiger partial charge on any atom is 0.433 e. The molecule has 0 bridgehead atoms. The van der Waals surface area contributed by atoms with E-state index in [1.807, 2.05) is 0 Å². The van der Waals surface area contributed by atoms with E-state index in [1.165, 1.54) is 13.0 Å². The quantitative estimate of drug-likeness (QED) is 0.922. The van der Waals surface area contributed by atoms with Gasteiger partial charge in [-0.05, 0) is 38.3 Å². The maximum absolute atomic E-state index is 12.6. The lowest BCUT2D eigenvalue weighted by Gasteiger charge is -2.34. The number of nitrogens with zero attached hydrogens (tertiary/aromatic N) is 3. The van der Waals surface area contributed by atoms with E-state index in [0.29, 0.717) is 11.4 Å². The molecule has 0 amide bonds. The molecular weight excluding hydrogens is 285 g/mol. The molecule has 0 radical (unpaired) electrons. The van der Waals surface area contributed by atoms with E-state index < -0.39 is 17.4 Å². The molecule has 1 aliphatic carbocycles. The van der Waals surface area contributed by atoms with Crippen molar-refractivity contribution in [3.05, 3.63) is 29.3 Å². The molecule has 3 rings (SSSR count). The van der Waals surface area contributed by atoms with Crippen LogP contribution in [0.3, 0.4) is 0 Å². The van der Waals surface area contributed by atoms with E-state index in [0.717, 1.165) is 25.3 Å². The van der Waals surface area contributed by atoms with E-state index in [4.69, 9.17) is 10.3 Å². The van der Waals surface area contributed by atoms with E-state index in [2.05, 4.69) is 15.1 Å². The fourth-order valence-corrected chi connectivity index (χ4v) is 2.26. The molecule has 21 heavy (non-hydrogen) atoms. The van der Waals surface area contributed by atoms with Gasteiger partial charge in [-0.1, -0.05) is 5.16 Å². The summed E-state index contributed by atoms with van der Waals surface area (Å²) < 4.78 is 42.9. The van der Waals surface area contributed by atoms with E-state index in [1.54, 1.807) is 0 Å². The zero-order valence-corrected chi connectivity index (χ0v) is 11.2. The third-order valence-electron chi connectivity index (χ3n) is 3.72. The first kappa shape index (κ1) is 14.0. The normalized spacial score (nSPS) is 17.6. The van der Waals surface area contributed by atoms with Gasteiger partial charge in [-0.15, -0.1) is 0 Å². The molecule has 112 valence electrons. The molecule has 0 unspecified atom stereocenters. The molecule has 8 heteroatoms. The summed E-state index contributed by atoms with van der Waals surface area (Å²) in [7, 11) is 0. The molecular formula is C13H13F3N4O. The van der Waals surface area contributed by atoms with Crippen LogP contribution >= 0.6 is 0 Å². The van der Waals surface area contributed by atoms with Crippen LogP contribution in [0.1, 0.15) is 36.5 Å². The fourth-order valence-electron chi connectivity index (χ4n) is 2.26. The minimum atomic E-state index is -4.48. The van der Waals surface area contributed by atoms with E-state index in [-0.39, 0.29) is 11.6 Å². The summed E-state index contributed by atoms with van der Waals surface area (Å²) in [6, 6.07) is 2.18. The van der Waals surface area contributed by atoms with Gasteiger partial charge < -0.3 is 10.3 Å². The molecule has 2 aromatic heterocycles. The number of hydrogen-bond donors (Lipinski definition) is 1. The van der Waals surface area contributed by atoms with Gasteiger partial charge in [0.25, 0.3) is 5.89 Å². The van der Waals surface area contributed by atoms with Gasteiger partial charge in [0.05, 0.1) is 16.8 Å². The Morgan fingerprint density at radius 2 is 1.95 bits per heavy atom. The third kappa shape index (κ3) is 2.39. The lowest BCUT2D eigenvalue weighted by Crippen LogP contribution is -2.44. The Morgan fingerprint density at radius 1 is 1.24 bits per heavy atom. The van der Waals surface area contributed by atoms with Gasteiger partial charge in [0.15, 0.2) is 5.82 Å². The molecule has 2 heterocycles. The van der Waals surface area contributed by atoms with Crippen LogP contribution in [0.4, 0.5) is 13.2 Å². The number of aryl methyl sites for hydroxylation is 1. The zero-order valence-electron chi connectivity index (χ0n) is 11.2. The monoisotopic (exact) mass is 298 g/mol. The van der Waals surface area contributed by atoms with Crippen LogP contribution in [0, 0.1) is 6.92 Å². The fraction of sp³-hybridized carbons (Fsp3) is 0.462. The highest BCUT2D eigenvalue weighted by atomic mass is 19.4. The van der Waals surface area contributed by atoms with Gasteiger partial charge in [0.2, 0.25) is 0 Å². The summed E-state index contributed by atoms with van der Waals surface area (Å²) in [5, 5.41) is 3.84. The number of pyridine rings is 1. The number of rotatable bonds is 2. The molecule has 0 aromatic carbocycles. The van der Waals surface area contributed by atoms with Gasteiger partial charge in [0.1, 0.15) is 5.69 Å². The summed E-state index contributed by atoms with van der Waals surface area (Å²) in [4.78, 5) is 7.75. The van der Waals surface area contributed by atoms with Crippen molar-refractivity contribution in [1.82, 2.24) is 15.1 Å². The summed E-state index contributed by atoms with van der Waals surface area (Å²) in [6.45, 7) is 1.47. The largest absolute Gasteiger partial charge is 0.433 e. The molecule has 5 nitrogen and oxygen atoms in total. The van der Waals surface area contributed by atoms with Crippen molar-refractivity contribution in [3.63, 3.8) is 0 Å². The van der Waals surface area contributed by atoms with Crippen LogP contribution in [0.2, 0.25) is 0 Å². The van der Waals surface area contributed by atoms with Gasteiger partial charge in [-0.25, -0.2) is 4.98 Å². The van der Waals surface area contributed by atoms with Crippen LogP contribution < -0.4 is 5.73 Å². The average Bonchev–Trinajstić information content (AvgIpc) is 2.84. The Balaban J connectivity index is 1.94. The van der Waals surface area contributed by atoms with E-state index in [9.17, 15) is 13.2 Å². The zero-order chi connectivity index (χ0) is 15.3. The number of alkyl halides is 3. The second-order valence-electron chi connectivity index (χ2n) is 5.26. The van der Waals surface area contributed by atoms with Crippen molar-refractivity contribution in [1.29, 1.82) is 0 Å². The van der Waals surface area contributed by atoms with Gasteiger partial charge >= 0.3 is 6.18 Å². The summed E-state index contributed by atoms with van der Waals surface area (Å²) in [5.41, 5.74) is 5.12. The van der Waals surface area contributed by atoms with Crippen molar-refractivity contribution in [2.24, 2.45) is 5.73 Å². The molecule has 0 spiro atoms. The van der Waals surface area contributed by atoms with Crippen molar-refractivity contribution in [3.8, 4) is 11.5 Å². The van der Waals surface area contributed by atoms with Crippen LogP contribution in [0.25, 0.3) is 11.5 Å². The second kappa shape index (κ2) is 4.52. The first-order valence-electron chi connectivity index (χ1n) is 6.48. The predicted molar refractivity (Wildman–Crippen MR) is 67.0 cm³/mol. The minimum absolute atomic E-state index is 0.139. The minimum Gasteiger partial charge on any atom is -0.334 e. The molecule has 0 saturated heterocycles. The molecule has 0 atom stereocenters. The first-order valence-corrected chi connectivity index (χ1v) is 6.48. The maximum atomic E-state index is 12.6. The molecule has 1 fully saturated rings. The smallest absolute Gasteiger partial charge is 0.334 e. The van der Waals surface area contributed by atoms with E-state index >= 15 is 0 Å². The Morgan fingerprint density at radius 3 is 2.48 bits per heavy atom. The Kier molecular flexibility index (Phi) is 3.01.